The molecule has 0 spiro atoms. The van der Waals surface area contributed by atoms with Gasteiger partial charge in [-0.2, -0.15) is 8.42 Å². The molecule has 0 bridgehead atoms. The van der Waals surface area contributed by atoms with Crippen LogP contribution in [0, 0.1) is 0 Å². The van der Waals surface area contributed by atoms with Crippen molar-refractivity contribution in [2.75, 3.05) is 6.61 Å². The minimum atomic E-state index is -3.71. The molecular formula is C21H24O4S. The van der Waals surface area contributed by atoms with Gasteiger partial charge in [-0.15, -0.1) is 0 Å². The molecule has 0 saturated carbocycles. The van der Waals surface area contributed by atoms with E-state index in [9.17, 15) is 8.42 Å². The van der Waals surface area contributed by atoms with Crippen molar-refractivity contribution in [3.05, 3.63) is 83.0 Å². The zero-order valence-corrected chi connectivity index (χ0v) is 15.7. The highest BCUT2D eigenvalue weighted by atomic mass is 32.2. The molecule has 0 amide bonds. The first-order chi connectivity index (χ1) is 12.5. The molecular weight excluding hydrogens is 348 g/mol. The number of hydrogen-bond donors (Lipinski definition) is 0. The van der Waals surface area contributed by atoms with Gasteiger partial charge in [0.1, 0.15) is 11.4 Å². The molecule has 138 valence electrons. The summed E-state index contributed by atoms with van der Waals surface area (Å²) in [5.41, 5.74) is 1.31. The molecule has 0 N–H and O–H groups in total. The van der Waals surface area contributed by atoms with Crippen LogP contribution in [0.5, 0.6) is 0 Å². The SMILES string of the molecule is CCC1(Cc2ccccc2)OS(=O)(=O)C=C1OCCCc1ccccc1. The largest absolute Gasteiger partial charge is 0.494 e. The number of aryl methyl sites for hydroxylation is 1. The maximum Gasteiger partial charge on any atom is 0.294 e. The van der Waals surface area contributed by atoms with Crippen LogP contribution in [-0.2, 0) is 31.9 Å². The van der Waals surface area contributed by atoms with Crippen molar-refractivity contribution in [2.24, 2.45) is 0 Å². The molecule has 3 rings (SSSR count). The second-order valence-electron chi connectivity index (χ2n) is 6.51. The van der Waals surface area contributed by atoms with Crippen molar-refractivity contribution >= 4 is 10.1 Å². The molecule has 0 saturated heterocycles. The lowest BCUT2D eigenvalue weighted by Gasteiger charge is -2.28. The van der Waals surface area contributed by atoms with Crippen LogP contribution in [-0.4, -0.2) is 20.6 Å². The third kappa shape index (κ3) is 4.54. The normalized spacial score (nSPS) is 21.3. The van der Waals surface area contributed by atoms with E-state index in [2.05, 4.69) is 12.1 Å². The molecule has 1 aliphatic rings. The molecule has 1 aliphatic heterocycles. The number of hydrogen-bond acceptors (Lipinski definition) is 4. The number of ether oxygens (including phenoxy) is 1. The average Bonchev–Trinajstić information content (AvgIpc) is 2.91. The fourth-order valence-corrected chi connectivity index (χ4v) is 4.49. The van der Waals surface area contributed by atoms with Crippen molar-refractivity contribution in [3.8, 4) is 0 Å². The summed E-state index contributed by atoms with van der Waals surface area (Å²) in [4.78, 5) is 0. The molecule has 4 nitrogen and oxygen atoms in total. The van der Waals surface area contributed by atoms with Crippen molar-refractivity contribution in [3.63, 3.8) is 0 Å². The van der Waals surface area contributed by atoms with E-state index in [1.54, 1.807) is 0 Å². The Balaban J connectivity index is 1.68. The molecule has 0 radical (unpaired) electrons. The predicted molar refractivity (Wildman–Crippen MR) is 102 cm³/mol. The Morgan fingerprint density at radius 3 is 2.19 bits per heavy atom. The molecule has 1 heterocycles. The number of rotatable bonds is 8. The molecule has 5 heteroatoms. The van der Waals surface area contributed by atoms with Crippen molar-refractivity contribution in [1.29, 1.82) is 0 Å². The summed E-state index contributed by atoms with van der Waals surface area (Å²) < 4.78 is 35.5. The molecule has 1 unspecified atom stereocenters. The Morgan fingerprint density at radius 2 is 1.58 bits per heavy atom. The molecule has 2 aromatic carbocycles. The first-order valence-corrected chi connectivity index (χ1v) is 10.4. The molecule has 0 aliphatic carbocycles. The van der Waals surface area contributed by atoms with E-state index < -0.39 is 15.7 Å². The van der Waals surface area contributed by atoms with E-state index in [0.29, 0.717) is 25.2 Å². The van der Waals surface area contributed by atoms with Gasteiger partial charge in [-0.05, 0) is 30.4 Å². The molecule has 2 aromatic rings. The van der Waals surface area contributed by atoms with E-state index in [0.717, 1.165) is 23.8 Å². The van der Waals surface area contributed by atoms with E-state index in [-0.39, 0.29) is 0 Å². The molecule has 0 aromatic heterocycles. The van der Waals surface area contributed by atoms with Gasteiger partial charge in [0.05, 0.1) is 12.0 Å². The lowest BCUT2D eigenvalue weighted by Crippen LogP contribution is -2.35. The van der Waals surface area contributed by atoms with Crippen LogP contribution in [0.15, 0.2) is 71.8 Å². The van der Waals surface area contributed by atoms with Crippen molar-refractivity contribution in [2.45, 2.75) is 38.2 Å². The van der Waals surface area contributed by atoms with Crippen molar-refractivity contribution in [1.82, 2.24) is 0 Å². The van der Waals surface area contributed by atoms with E-state index in [4.69, 9.17) is 8.92 Å². The molecule has 26 heavy (non-hydrogen) atoms. The second-order valence-corrected chi connectivity index (χ2v) is 7.89. The molecule has 1 atom stereocenters. The Hall–Kier alpha value is -2.11. The fourth-order valence-electron chi connectivity index (χ4n) is 3.19. The van der Waals surface area contributed by atoms with Crippen LogP contribution >= 0.6 is 0 Å². The van der Waals surface area contributed by atoms with Gasteiger partial charge in [0.25, 0.3) is 10.1 Å². The first kappa shape index (κ1) is 18.7. The quantitative estimate of drug-likeness (QED) is 0.514. The highest BCUT2D eigenvalue weighted by Crippen LogP contribution is 2.38. The summed E-state index contributed by atoms with van der Waals surface area (Å²) in [5.74, 6) is 0.414. The third-order valence-electron chi connectivity index (χ3n) is 4.59. The third-order valence-corrected chi connectivity index (χ3v) is 5.64. The Morgan fingerprint density at radius 1 is 0.962 bits per heavy atom. The van der Waals surface area contributed by atoms with Crippen molar-refractivity contribution < 1.29 is 17.3 Å². The van der Waals surface area contributed by atoms with Gasteiger partial charge in [0.2, 0.25) is 0 Å². The summed E-state index contributed by atoms with van der Waals surface area (Å²) in [6.45, 7) is 2.38. The van der Waals surface area contributed by atoms with Gasteiger partial charge in [-0.3, -0.25) is 4.18 Å². The Labute approximate surface area is 155 Å². The monoisotopic (exact) mass is 372 g/mol. The summed E-state index contributed by atoms with van der Waals surface area (Å²) in [5, 5.41) is 1.14. The maximum atomic E-state index is 12.1. The lowest BCUT2D eigenvalue weighted by atomic mass is 9.90. The minimum absolute atomic E-state index is 0.414. The molecule has 0 fully saturated rings. The summed E-state index contributed by atoms with van der Waals surface area (Å²) in [7, 11) is -3.71. The zero-order chi connectivity index (χ0) is 18.5. The minimum Gasteiger partial charge on any atom is -0.494 e. The first-order valence-electron chi connectivity index (χ1n) is 8.91. The number of benzene rings is 2. The summed E-state index contributed by atoms with van der Waals surface area (Å²) in [6.07, 6.45) is 2.69. The Kier molecular flexibility index (Phi) is 5.79. The van der Waals surface area contributed by atoms with Gasteiger partial charge in [0, 0.05) is 6.42 Å². The maximum absolute atomic E-state index is 12.1. The van der Waals surface area contributed by atoms with Gasteiger partial charge in [0.15, 0.2) is 0 Å². The summed E-state index contributed by atoms with van der Waals surface area (Å²) >= 11 is 0. The smallest absolute Gasteiger partial charge is 0.294 e. The average molecular weight is 372 g/mol. The van der Waals surface area contributed by atoms with Gasteiger partial charge in [-0.1, -0.05) is 67.6 Å². The van der Waals surface area contributed by atoms with Crippen LogP contribution < -0.4 is 0 Å². The fraction of sp³-hybridized carbons (Fsp3) is 0.333. The van der Waals surface area contributed by atoms with Gasteiger partial charge < -0.3 is 4.74 Å². The lowest BCUT2D eigenvalue weighted by molar-refractivity contribution is 0.0453. The summed E-state index contributed by atoms with van der Waals surface area (Å²) in [6, 6.07) is 19.9. The van der Waals surface area contributed by atoms with E-state index in [1.165, 1.54) is 5.56 Å². The van der Waals surface area contributed by atoms with Crippen LogP contribution in [0.1, 0.15) is 30.9 Å². The Bertz CT molecular complexity index is 844. The van der Waals surface area contributed by atoms with E-state index >= 15 is 0 Å². The predicted octanol–water partition coefficient (Wildman–Crippen LogP) is 4.23. The second kappa shape index (κ2) is 8.06. The van der Waals surface area contributed by atoms with Gasteiger partial charge in [-0.25, -0.2) is 0 Å². The van der Waals surface area contributed by atoms with Crippen LogP contribution in [0.2, 0.25) is 0 Å². The zero-order valence-electron chi connectivity index (χ0n) is 14.9. The van der Waals surface area contributed by atoms with Crippen LogP contribution in [0.4, 0.5) is 0 Å². The highest BCUT2D eigenvalue weighted by Gasteiger charge is 2.46. The topological polar surface area (TPSA) is 52.6 Å². The van der Waals surface area contributed by atoms with Crippen LogP contribution in [0.25, 0.3) is 0 Å². The highest BCUT2D eigenvalue weighted by molar-refractivity contribution is 7.90. The van der Waals surface area contributed by atoms with E-state index in [1.807, 2.05) is 55.5 Å². The van der Waals surface area contributed by atoms with Crippen LogP contribution in [0.3, 0.4) is 0 Å². The standard InChI is InChI=1S/C21H24O4S/c1-2-21(16-19-12-7-4-8-13-19)20(17-26(22,23)25-21)24-15-9-14-18-10-5-3-6-11-18/h3-8,10-13,17H,2,9,14-16H2,1H3. The van der Waals surface area contributed by atoms with Gasteiger partial charge >= 0.3 is 0 Å².